The van der Waals surface area contributed by atoms with Gasteiger partial charge in [0.15, 0.2) is 0 Å². The Bertz CT molecular complexity index is 1540. The lowest BCUT2D eigenvalue weighted by molar-refractivity contribution is -0.118. The number of nitrogens with zero attached hydrogens (tertiary/aromatic N) is 7. The van der Waals surface area contributed by atoms with E-state index in [0.717, 1.165) is 59.3 Å². The molecule has 2 unspecified atom stereocenters. The number of piperidine rings is 1. The number of nitriles is 1. The number of rotatable bonds is 5. The summed E-state index contributed by atoms with van der Waals surface area (Å²) in [6.45, 7) is 5.50. The summed E-state index contributed by atoms with van der Waals surface area (Å²) in [7, 11) is 1.89. The average Bonchev–Trinajstić information content (AvgIpc) is 3.59. The first-order valence-electron chi connectivity index (χ1n) is 12.5. The zero-order valence-corrected chi connectivity index (χ0v) is 20.9. The first-order valence-corrected chi connectivity index (χ1v) is 12.5. The van der Waals surface area contributed by atoms with E-state index in [4.69, 9.17) is 4.98 Å². The fourth-order valence-corrected chi connectivity index (χ4v) is 5.83. The van der Waals surface area contributed by atoms with Crippen molar-refractivity contribution in [2.45, 2.75) is 50.7 Å². The molecule has 2 fully saturated rings. The molecule has 4 aromatic heterocycles. The lowest BCUT2D eigenvalue weighted by Gasteiger charge is -2.40. The van der Waals surface area contributed by atoms with Crippen LogP contribution in [0.1, 0.15) is 38.2 Å². The minimum absolute atomic E-state index is 0.0585. The van der Waals surface area contributed by atoms with E-state index in [1.165, 1.54) is 0 Å². The van der Waals surface area contributed by atoms with Gasteiger partial charge in [0.2, 0.25) is 5.91 Å². The van der Waals surface area contributed by atoms with Gasteiger partial charge in [-0.3, -0.25) is 9.48 Å². The molecule has 0 saturated carbocycles. The van der Waals surface area contributed by atoms with Gasteiger partial charge in [0, 0.05) is 71.6 Å². The van der Waals surface area contributed by atoms with E-state index in [-0.39, 0.29) is 11.9 Å². The van der Waals surface area contributed by atoms with E-state index < -0.39 is 0 Å². The van der Waals surface area contributed by atoms with Gasteiger partial charge in [0.25, 0.3) is 0 Å². The molecule has 2 atom stereocenters. The van der Waals surface area contributed by atoms with Gasteiger partial charge in [0.1, 0.15) is 11.9 Å². The van der Waals surface area contributed by atoms with Crippen LogP contribution >= 0.6 is 0 Å². The molecule has 2 aliphatic rings. The molecule has 0 aliphatic carbocycles. The van der Waals surface area contributed by atoms with Crippen LogP contribution in [0.25, 0.3) is 27.8 Å². The van der Waals surface area contributed by atoms with Crippen LogP contribution in [0.3, 0.4) is 0 Å². The number of amides is 1. The fraction of sp³-hybridized carbons (Fsp3) is 0.321. The minimum Gasteiger partial charge on any atom is -0.350 e. The third kappa shape index (κ3) is 4.04. The molecule has 2 bridgehead atoms. The summed E-state index contributed by atoms with van der Waals surface area (Å²) < 4.78 is 3.52. The average molecular weight is 493 g/mol. The van der Waals surface area contributed by atoms with Crippen LogP contribution in [-0.2, 0) is 11.8 Å². The third-order valence-corrected chi connectivity index (χ3v) is 7.55. The molecule has 2 aliphatic heterocycles. The summed E-state index contributed by atoms with van der Waals surface area (Å²) >= 11 is 0. The van der Waals surface area contributed by atoms with E-state index >= 15 is 0 Å². The summed E-state index contributed by atoms with van der Waals surface area (Å²) in [5.41, 5.74) is 5.59. The van der Waals surface area contributed by atoms with E-state index in [1.807, 2.05) is 31.8 Å². The van der Waals surface area contributed by atoms with Gasteiger partial charge in [-0.1, -0.05) is 6.58 Å². The van der Waals surface area contributed by atoms with Gasteiger partial charge in [-0.25, -0.2) is 9.50 Å². The van der Waals surface area contributed by atoms with Gasteiger partial charge in [0.05, 0.1) is 23.5 Å². The van der Waals surface area contributed by atoms with Crippen LogP contribution in [0.4, 0.5) is 5.82 Å². The standard InChI is InChI=1S/C28H28N8O/c1-17(2)28(37)33-22-9-23-5-6-24(10-22)36(23)26-7-4-18(12-30-26)25-8-19(21-14-31-34(3)15-21)16-35-27(25)20(11-29)13-32-35/h4,7-8,12-16,22-24H,1,5-6,9-10H2,2-3H3,(H,33,37). The Hall–Kier alpha value is -4.45. The van der Waals surface area contributed by atoms with Gasteiger partial charge in [-0.15, -0.1) is 0 Å². The molecule has 1 N–H and O–H groups in total. The second-order valence-corrected chi connectivity index (χ2v) is 10.1. The van der Waals surface area contributed by atoms with E-state index in [0.29, 0.717) is 23.2 Å². The van der Waals surface area contributed by atoms with Crippen molar-refractivity contribution in [3.63, 3.8) is 0 Å². The number of hydrogen-bond acceptors (Lipinski definition) is 6. The van der Waals surface area contributed by atoms with Crippen molar-refractivity contribution >= 4 is 17.2 Å². The molecule has 2 saturated heterocycles. The molecule has 4 aromatic rings. The molecule has 6 rings (SSSR count). The van der Waals surface area contributed by atoms with Crippen LogP contribution < -0.4 is 10.2 Å². The number of aromatic nitrogens is 5. The number of aryl methyl sites for hydroxylation is 1. The van der Waals surface area contributed by atoms with Crippen molar-refractivity contribution in [3.8, 4) is 28.3 Å². The van der Waals surface area contributed by atoms with E-state index in [2.05, 4.69) is 51.3 Å². The predicted octanol–water partition coefficient (Wildman–Crippen LogP) is 3.86. The Labute approximate surface area is 215 Å². The number of fused-ring (bicyclic) bond motifs is 3. The Balaban J connectivity index is 1.31. The summed E-state index contributed by atoms with van der Waals surface area (Å²) in [6, 6.07) is 9.37. The Morgan fingerprint density at radius 3 is 2.49 bits per heavy atom. The largest absolute Gasteiger partial charge is 0.350 e. The smallest absolute Gasteiger partial charge is 0.246 e. The summed E-state index contributed by atoms with van der Waals surface area (Å²) in [5, 5.41) is 21.6. The molecule has 0 aromatic carbocycles. The summed E-state index contributed by atoms with van der Waals surface area (Å²) in [5.74, 6) is 0.895. The van der Waals surface area contributed by atoms with Crippen molar-refractivity contribution in [3.05, 3.63) is 66.9 Å². The van der Waals surface area contributed by atoms with Gasteiger partial charge < -0.3 is 10.2 Å². The zero-order valence-electron chi connectivity index (χ0n) is 20.9. The van der Waals surface area contributed by atoms with Crippen molar-refractivity contribution in [2.75, 3.05) is 4.90 Å². The van der Waals surface area contributed by atoms with Crippen molar-refractivity contribution < 1.29 is 4.79 Å². The SMILES string of the molecule is C=C(C)C(=O)NC1CC2CCC(C1)N2c1ccc(-c2cc(-c3cnn(C)c3)cn3ncc(C#N)c23)cn1. The molecule has 0 spiro atoms. The monoisotopic (exact) mass is 492 g/mol. The van der Waals surface area contributed by atoms with E-state index in [1.54, 1.807) is 22.3 Å². The Morgan fingerprint density at radius 2 is 1.86 bits per heavy atom. The summed E-state index contributed by atoms with van der Waals surface area (Å²) in [6.07, 6.45) is 13.2. The molecule has 186 valence electrons. The fourth-order valence-electron chi connectivity index (χ4n) is 5.83. The van der Waals surface area contributed by atoms with Crippen LogP contribution in [-0.4, -0.2) is 48.4 Å². The second kappa shape index (κ2) is 8.89. The molecule has 9 heteroatoms. The number of pyridine rings is 2. The molecule has 1 amide bonds. The maximum absolute atomic E-state index is 12.1. The highest BCUT2D eigenvalue weighted by atomic mass is 16.1. The Morgan fingerprint density at radius 1 is 1.08 bits per heavy atom. The molecular weight excluding hydrogens is 464 g/mol. The Kier molecular flexibility index (Phi) is 5.52. The van der Waals surface area contributed by atoms with Gasteiger partial charge in [-0.2, -0.15) is 15.5 Å². The highest BCUT2D eigenvalue weighted by Gasteiger charge is 2.41. The number of carbonyl (C=O) groups excluding carboxylic acids is 1. The van der Waals surface area contributed by atoms with Crippen LogP contribution in [0.5, 0.6) is 0 Å². The lowest BCUT2D eigenvalue weighted by Crippen LogP contribution is -2.50. The highest BCUT2D eigenvalue weighted by Crippen LogP contribution is 2.39. The van der Waals surface area contributed by atoms with Crippen LogP contribution in [0, 0.1) is 11.3 Å². The predicted molar refractivity (Wildman–Crippen MR) is 141 cm³/mol. The van der Waals surface area contributed by atoms with Gasteiger partial charge >= 0.3 is 0 Å². The second-order valence-electron chi connectivity index (χ2n) is 10.1. The minimum atomic E-state index is -0.0585. The number of carbonyl (C=O) groups is 1. The topological polar surface area (TPSA) is 104 Å². The maximum Gasteiger partial charge on any atom is 0.246 e. The van der Waals surface area contributed by atoms with E-state index in [9.17, 15) is 10.1 Å². The maximum atomic E-state index is 12.1. The summed E-state index contributed by atoms with van der Waals surface area (Å²) in [4.78, 5) is 19.4. The normalized spacial score (nSPS) is 20.7. The lowest BCUT2D eigenvalue weighted by atomic mass is 9.96. The molecule has 6 heterocycles. The highest BCUT2D eigenvalue weighted by molar-refractivity contribution is 5.92. The third-order valence-electron chi connectivity index (χ3n) is 7.55. The number of nitrogens with one attached hydrogen (secondary N) is 1. The quantitative estimate of drug-likeness (QED) is 0.424. The van der Waals surface area contributed by atoms with Crippen molar-refractivity contribution in [2.24, 2.45) is 7.05 Å². The number of hydrogen-bond donors (Lipinski definition) is 1. The van der Waals surface area contributed by atoms with Gasteiger partial charge in [-0.05, 0) is 50.8 Å². The van der Waals surface area contributed by atoms with Crippen molar-refractivity contribution in [1.29, 1.82) is 5.26 Å². The van der Waals surface area contributed by atoms with Crippen LogP contribution in [0.15, 0.2) is 61.3 Å². The zero-order chi connectivity index (χ0) is 25.7. The van der Waals surface area contributed by atoms with Crippen LogP contribution in [0.2, 0.25) is 0 Å². The molecule has 37 heavy (non-hydrogen) atoms. The number of anilines is 1. The molecular formula is C28H28N8O. The van der Waals surface area contributed by atoms with Crippen molar-refractivity contribution in [1.82, 2.24) is 29.7 Å². The molecule has 0 radical (unpaired) electrons. The first-order chi connectivity index (χ1) is 17.9. The first kappa shape index (κ1) is 23.0. The molecule has 9 nitrogen and oxygen atoms in total.